The number of halogens is 1. The number of nitrogens with one attached hydrogen (secondary N) is 1. The molecule has 19 heavy (non-hydrogen) atoms. The quantitative estimate of drug-likeness (QED) is 0.912. The molecule has 4 rings (SSSR count). The van der Waals surface area contributed by atoms with Gasteiger partial charge in [-0.15, -0.1) is 0 Å². The third kappa shape index (κ3) is 2.32. The lowest BCUT2D eigenvalue weighted by atomic mass is 9.62. The molecule has 1 N–H and O–H groups in total. The van der Waals surface area contributed by atoms with Crippen molar-refractivity contribution in [3.63, 3.8) is 0 Å². The number of piperidine rings is 2. The molecule has 3 heterocycles. The molecule has 2 saturated heterocycles. The fourth-order valence-corrected chi connectivity index (χ4v) is 3.67. The van der Waals surface area contributed by atoms with Crippen LogP contribution in [0.25, 0.3) is 0 Å². The molecule has 0 atom stereocenters. The lowest BCUT2D eigenvalue weighted by Crippen LogP contribution is -2.64. The minimum atomic E-state index is 0.260. The van der Waals surface area contributed by atoms with Gasteiger partial charge in [-0.1, -0.05) is 18.2 Å². The minimum Gasteiger partial charge on any atom is -0.368 e. The Morgan fingerprint density at radius 3 is 3.00 bits per heavy atom. The van der Waals surface area contributed by atoms with E-state index in [0.29, 0.717) is 5.02 Å². The summed E-state index contributed by atoms with van der Waals surface area (Å²) in [4.78, 5) is 6.78. The zero-order valence-corrected chi connectivity index (χ0v) is 12.1. The van der Waals surface area contributed by atoms with Crippen molar-refractivity contribution in [1.82, 2.24) is 9.88 Å². The van der Waals surface area contributed by atoms with Gasteiger partial charge in [0.2, 0.25) is 0 Å². The highest BCUT2D eigenvalue weighted by Gasteiger charge is 2.51. The van der Waals surface area contributed by atoms with Gasteiger partial charge in [-0.05, 0) is 44.2 Å². The van der Waals surface area contributed by atoms with E-state index < -0.39 is 0 Å². The monoisotopic (exact) mass is 277 g/mol. The Bertz CT molecular complexity index is 477. The number of rotatable bonds is 4. The van der Waals surface area contributed by atoms with Gasteiger partial charge in [0.15, 0.2) is 0 Å². The molecule has 3 fully saturated rings. The van der Waals surface area contributed by atoms with Gasteiger partial charge >= 0.3 is 0 Å². The van der Waals surface area contributed by atoms with Crippen LogP contribution in [-0.2, 0) is 0 Å². The fourth-order valence-electron chi connectivity index (χ4n) is 3.56. The summed E-state index contributed by atoms with van der Waals surface area (Å²) in [6.07, 6.45) is 5.55. The molecule has 1 aromatic heterocycles. The maximum atomic E-state index is 5.85. The van der Waals surface area contributed by atoms with Crippen LogP contribution in [0.15, 0.2) is 30.6 Å². The van der Waals surface area contributed by atoms with Gasteiger partial charge in [-0.25, -0.2) is 4.98 Å². The molecule has 0 amide bonds. The minimum absolute atomic E-state index is 0.260. The molecule has 1 aliphatic carbocycles. The number of pyridine rings is 1. The first-order valence-corrected chi connectivity index (χ1v) is 7.25. The second-order valence-electron chi connectivity index (χ2n) is 5.89. The first-order chi connectivity index (χ1) is 9.09. The second-order valence-corrected chi connectivity index (χ2v) is 6.33. The van der Waals surface area contributed by atoms with E-state index >= 15 is 0 Å². The van der Waals surface area contributed by atoms with Crippen LogP contribution in [0.1, 0.15) is 26.2 Å². The molecule has 102 valence electrons. The van der Waals surface area contributed by atoms with Crippen LogP contribution < -0.4 is 5.32 Å². The number of hydrogen-bond acceptors (Lipinski definition) is 3. The van der Waals surface area contributed by atoms with Crippen LogP contribution in [0.5, 0.6) is 0 Å². The zero-order valence-electron chi connectivity index (χ0n) is 11.3. The summed E-state index contributed by atoms with van der Waals surface area (Å²) < 4.78 is 0. The van der Waals surface area contributed by atoms with Gasteiger partial charge in [0.25, 0.3) is 0 Å². The average molecular weight is 278 g/mol. The van der Waals surface area contributed by atoms with Crippen molar-refractivity contribution in [1.29, 1.82) is 0 Å². The van der Waals surface area contributed by atoms with Crippen LogP contribution in [0.3, 0.4) is 0 Å². The summed E-state index contributed by atoms with van der Waals surface area (Å²) in [5, 5.41) is 4.13. The molecular weight excluding hydrogens is 258 g/mol. The Balaban J connectivity index is 1.68. The summed E-state index contributed by atoms with van der Waals surface area (Å²) >= 11 is 5.85. The summed E-state index contributed by atoms with van der Waals surface area (Å²) in [5.74, 6) is 1.81. The van der Waals surface area contributed by atoms with E-state index in [0.717, 1.165) is 24.8 Å². The lowest BCUT2D eigenvalue weighted by Gasteiger charge is -2.60. The van der Waals surface area contributed by atoms with E-state index in [1.165, 1.54) is 25.0 Å². The van der Waals surface area contributed by atoms with E-state index in [1.54, 1.807) is 6.20 Å². The topological polar surface area (TPSA) is 28.2 Å². The molecule has 2 bridgehead atoms. The molecule has 2 aliphatic heterocycles. The van der Waals surface area contributed by atoms with Crippen molar-refractivity contribution in [2.75, 3.05) is 18.4 Å². The predicted octanol–water partition coefficient (Wildman–Crippen LogP) is 3.54. The van der Waals surface area contributed by atoms with Crippen LogP contribution >= 0.6 is 11.6 Å². The Morgan fingerprint density at radius 1 is 1.58 bits per heavy atom. The highest BCUT2D eigenvalue weighted by atomic mass is 35.5. The van der Waals surface area contributed by atoms with Gasteiger partial charge in [-0.2, -0.15) is 0 Å². The van der Waals surface area contributed by atoms with Crippen LogP contribution in [0.4, 0.5) is 5.82 Å². The fraction of sp³-hybridized carbons (Fsp3) is 0.533. The Kier molecular flexibility index (Phi) is 3.17. The Hall–Kier alpha value is -1.22. The summed E-state index contributed by atoms with van der Waals surface area (Å²) in [7, 11) is 0. The number of hydrogen-bond donors (Lipinski definition) is 1. The number of nitrogens with zero attached hydrogens (tertiary/aromatic N) is 2. The normalized spacial score (nSPS) is 28.7. The third-order valence-corrected chi connectivity index (χ3v) is 4.68. The number of fused-ring (bicyclic) bond motifs is 2. The van der Waals surface area contributed by atoms with Crippen LogP contribution in [-0.4, -0.2) is 28.5 Å². The van der Waals surface area contributed by atoms with Gasteiger partial charge in [-0.3, -0.25) is 0 Å². The van der Waals surface area contributed by atoms with Crippen molar-refractivity contribution < 1.29 is 0 Å². The zero-order chi connectivity index (χ0) is 13.5. The van der Waals surface area contributed by atoms with Gasteiger partial charge < -0.3 is 10.2 Å². The number of aromatic nitrogens is 1. The Morgan fingerprint density at radius 2 is 2.37 bits per heavy atom. The van der Waals surface area contributed by atoms with Gasteiger partial charge in [0.05, 0.1) is 10.6 Å². The smallest absolute Gasteiger partial charge is 0.126 e. The highest BCUT2D eigenvalue weighted by Crippen LogP contribution is 2.49. The van der Waals surface area contributed by atoms with E-state index in [2.05, 4.69) is 28.7 Å². The molecule has 0 radical (unpaired) electrons. The standard InChI is InChI=1S/C15H20ClN3/c1-11(2)19-6-5-12-7-15(19,8-12)10-18-14-4-3-13(16)9-17-14/h3-4,9,12H,1,5-8,10H2,2H3,(H,17,18). The van der Waals surface area contributed by atoms with E-state index in [-0.39, 0.29) is 5.54 Å². The summed E-state index contributed by atoms with van der Waals surface area (Å²) in [5.41, 5.74) is 1.44. The maximum Gasteiger partial charge on any atom is 0.126 e. The van der Waals surface area contributed by atoms with Crippen LogP contribution in [0, 0.1) is 5.92 Å². The molecule has 3 aliphatic rings. The van der Waals surface area contributed by atoms with Crippen molar-refractivity contribution >= 4 is 17.4 Å². The molecule has 3 nitrogen and oxygen atoms in total. The van der Waals surface area contributed by atoms with Crippen molar-refractivity contribution in [2.24, 2.45) is 5.92 Å². The van der Waals surface area contributed by atoms with Crippen LogP contribution in [0.2, 0.25) is 5.02 Å². The largest absolute Gasteiger partial charge is 0.368 e. The molecule has 1 saturated carbocycles. The van der Waals surface area contributed by atoms with Crippen molar-refractivity contribution in [3.05, 3.63) is 35.6 Å². The van der Waals surface area contributed by atoms with Gasteiger partial charge in [0.1, 0.15) is 5.82 Å². The molecule has 0 unspecified atom stereocenters. The molecule has 4 heteroatoms. The molecule has 1 aromatic rings. The van der Waals surface area contributed by atoms with E-state index in [9.17, 15) is 0 Å². The average Bonchev–Trinajstić information content (AvgIpc) is 2.37. The maximum absolute atomic E-state index is 5.85. The predicted molar refractivity (Wildman–Crippen MR) is 79.3 cm³/mol. The lowest BCUT2D eigenvalue weighted by molar-refractivity contribution is -0.0454. The number of anilines is 1. The number of allylic oxidation sites excluding steroid dienone is 1. The van der Waals surface area contributed by atoms with E-state index in [4.69, 9.17) is 11.6 Å². The SMILES string of the molecule is C=C(C)N1CCC2CC1(CNc1ccc(Cl)cn1)C2. The summed E-state index contributed by atoms with van der Waals surface area (Å²) in [6.45, 7) is 8.33. The van der Waals surface area contributed by atoms with Crippen molar-refractivity contribution in [2.45, 2.75) is 31.7 Å². The molecule has 0 spiro atoms. The third-order valence-electron chi connectivity index (χ3n) is 4.46. The first-order valence-electron chi connectivity index (χ1n) is 6.88. The highest BCUT2D eigenvalue weighted by molar-refractivity contribution is 6.30. The van der Waals surface area contributed by atoms with E-state index in [1.807, 2.05) is 12.1 Å². The molecular formula is C15H20ClN3. The first kappa shape index (κ1) is 12.8. The molecule has 0 aromatic carbocycles. The summed E-state index contributed by atoms with van der Waals surface area (Å²) in [6, 6.07) is 3.80. The second kappa shape index (κ2) is 4.71. The van der Waals surface area contributed by atoms with Crippen molar-refractivity contribution in [3.8, 4) is 0 Å². The Labute approximate surface area is 119 Å². The van der Waals surface area contributed by atoms with Gasteiger partial charge in [0, 0.05) is 25.0 Å².